The molecule has 0 bridgehead atoms. The summed E-state index contributed by atoms with van der Waals surface area (Å²) in [5, 5.41) is 16.0. The van der Waals surface area contributed by atoms with Crippen LogP contribution in [0.4, 0.5) is 11.6 Å². The fourth-order valence-electron chi connectivity index (χ4n) is 2.17. The molecule has 0 saturated carbocycles. The van der Waals surface area contributed by atoms with Crippen LogP contribution in [0.25, 0.3) is 11.0 Å². The van der Waals surface area contributed by atoms with Gasteiger partial charge >= 0.3 is 0 Å². The molecular weight excluding hydrogens is 272 g/mol. The quantitative estimate of drug-likeness (QED) is 0.578. The number of aryl methyl sites for hydroxylation is 1. The highest BCUT2D eigenvalue weighted by molar-refractivity contribution is 5.78. The largest absolute Gasteiger partial charge is 0.368 e. The minimum Gasteiger partial charge on any atom is -0.368 e. The molecule has 21 heavy (non-hydrogen) atoms. The molecule has 3 rings (SSSR count). The summed E-state index contributed by atoms with van der Waals surface area (Å²) in [7, 11) is 0. The summed E-state index contributed by atoms with van der Waals surface area (Å²) in [6, 6.07) is 6.43. The van der Waals surface area contributed by atoms with E-state index in [0.29, 0.717) is 12.2 Å². The first-order valence-electron chi connectivity index (χ1n) is 6.23. The Morgan fingerprint density at radius 1 is 1.43 bits per heavy atom. The molecule has 0 atom stereocenters. The van der Waals surface area contributed by atoms with Crippen LogP contribution < -0.4 is 5.73 Å². The summed E-state index contributed by atoms with van der Waals surface area (Å²) in [4.78, 5) is 18.5. The van der Waals surface area contributed by atoms with Crippen LogP contribution in [0, 0.1) is 17.0 Å². The number of benzene rings is 1. The topological polar surface area (TPSA) is 113 Å². The molecule has 3 aromatic rings. The molecule has 0 aliphatic rings. The summed E-state index contributed by atoms with van der Waals surface area (Å²) >= 11 is 0. The number of hydrogen-bond acceptors (Lipinski definition) is 6. The summed E-state index contributed by atoms with van der Waals surface area (Å²) in [5.74, 6) is 0.169. The van der Waals surface area contributed by atoms with Gasteiger partial charge < -0.3 is 5.73 Å². The van der Waals surface area contributed by atoms with E-state index >= 15 is 0 Å². The van der Waals surface area contributed by atoms with Crippen LogP contribution in [0.1, 0.15) is 11.3 Å². The van der Waals surface area contributed by atoms with E-state index in [1.807, 2.05) is 6.92 Å². The zero-order valence-electron chi connectivity index (χ0n) is 11.2. The van der Waals surface area contributed by atoms with Crippen LogP contribution in [0.5, 0.6) is 0 Å². The van der Waals surface area contributed by atoms with Gasteiger partial charge in [0.05, 0.1) is 22.5 Å². The third-order valence-corrected chi connectivity index (χ3v) is 3.15. The van der Waals surface area contributed by atoms with Crippen molar-refractivity contribution in [2.45, 2.75) is 13.5 Å². The van der Waals surface area contributed by atoms with Gasteiger partial charge in [0.15, 0.2) is 5.65 Å². The van der Waals surface area contributed by atoms with E-state index in [4.69, 9.17) is 5.73 Å². The monoisotopic (exact) mass is 284 g/mol. The van der Waals surface area contributed by atoms with Gasteiger partial charge in [0.2, 0.25) is 5.95 Å². The summed E-state index contributed by atoms with van der Waals surface area (Å²) < 4.78 is 1.67. The molecule has 8 nitrogen and oxygen atoms in total. The van der Waals surface area contributed by atoms with Crippen molar-refractivity contribution in [2.75, 3.05) is 5.73 Å². The number of rotatable bonds is 3. The van der Waals surface area contributed by atoms with Crippen LogP contribution in [-0.4, -0.2) is 24.7 Å². The Labute approximate surface area is 119 Å². The molecule has 2 N–H and O–H groups in total. The van der Waals surface area contributed by atoms with Crippen molar-refractivity contribution in [3.05, 3.63) is 51.8 Å². The zero-order valence-corrected chi connectivity index (χ0v) is 11.2. The number of nitrogens with two attached hydrogens (primary N) is 1. The van der Waals surface area contributed by atoms with Gasteiger partial charge in [0, 0.05) is 18.3 Å². The second-order valence-corrected chi connectivity index (χ2v) is 4.64. The maximum Gasteiger partial charge on any atom is 0.269 e. The van der Waals surface area contributed by atoms with Crippen molar-refractivity contribution in [1.29, 1.82) is 0 Å². The molecule has 8 heteroatoms. The number of hydrogen-bond donors (Lipinski definition) is 1. The van der Waals surface area contributed by atoms with Gasteiger partial charge in [-0.15, -0.1) is 0 Å². The predicted octanol–water partition coefficient (Wildman–Crippen LogP) is 1.67. The third kappa shape index (κ3) is 2.38. The van der Waals surface area contributed by atoms with E-state index < -0.39 is 4.92 Å². The van der Waals surface area contributed by atoms with E-state index in [2.05, 4.69) is 15.1 Å². The Balaban J connectivity index is 2.04. The predicted molar refractivity (Wildman–Crippen MR) is 76.7 cm³/mol. The molecular formula is C13H12N6O2. The van der Waals surface area contributed by atoms with Crippen LogP contribution in [0.15, 0.2) is 30.5 Å². The number of fused-ring (bicyclic) bond motifs is 1. The van der Waals surface area contributed by atoms with E-state index in [-0.39, 0.29) is 11.6 Å². The Kier molecular flexibility index (Phi) is 2.98. The Morgan fingerprint density at radius 2 is 2.24 bits per heavy atom. The second kappa shape index (κ2) is 4.82. The molecule has 2 aromatic heterocycles. The lowest BCUT2D eigenvalue weighted by atomic mass is 10.2. The molecule has 0 fully saturated rings. The lowest BCUT2D eigenvalue weighted by Crippen LogP contribution is -2.04. The Morgan fingerprint density at radius 3 is 3.00 bits per heavy atom. The van der Waals surface area contributed by atoms with Gasteiger partial charge in [-0.05, 0) is 12.5 Å². The van der Waals surface area contributed by atoms with Gasteiger partial charge in [-0.25, -0.2) is 9.67 Å². The van der Waals surface area contributed by atoms with Gasteiger partial charge in [-0.1, -0.05) is 12.1 Å². The van der Waals surface area contributed by atoms with Crippen molar-refractivity contribution in [2.24, 2.45) is 0 Å². The van der Waals surface area contributed by atoms with E-state index in [9.17, 15) is 10.1 Å². The molecule has 0 radical (unpaired) electrons. The number of nitro benzene ring substituents is 1. The van der Waals surface area contributed by atoms with Crippen LogP contribution in [0.2, 0.25) is 0 Å². The number of aromatic nitrogens is 4. The Hall–Kier alpha value is -3.03. The van der Waals surface area contributed by atoms with Crippen molar-refractivity contribution >= 4 is 22.7 Å². The van der Waals surface area contributed by atoms with E-state index in [1.165, 1.54) is 12.1 Å². The fraction of sp³-hybridized carbons (Fsp3) is 0.154. The lowest BCUT2D eigenvalue weighted by Gasteiger charge is -2.03. The average Bonchev–Trinajstić information content (AvgIpc) is 2.75. The minimum atomic E-state index is -0.421. The van der Waals surface area contributed by atoms with Gasteiger partial charge in [0.1, 0.15) is 0 Å². The minimum absolute atomic E-state index is 0.0508. The molecule has 0 aliphatic carbocycles. The standard InChI is InChI=1S/C13H12N6O2/c1-8-11-6-15-13(14)16-12(11)18(17-8)7-9-3-2-4-10(5-9)19(20)21/h2-6H,7H2,1H3,(H2,14,15,16). The lowest BCUT2D eigenvalue weighted by molar-refractivity contribution is -0.384. The van der Waals surface area contributed by atoms with Crippen molar-refractivity contribution in [3.8, 4) is 0 Å². The molecule has 0 aliphatic heterocycles. The summed E-state index contributed by atoms with van der Waals surface area (Å²) in [6.07, 6.45) is 1.63. The number of nitro groups is 1. The smallest absolute Gasteiger partial charge is 0.269 e. The highest BCUT2D eigenvalue weighted by atomic mass is 16.6. The number of nitrogen functional groups attached to an aromatic ring is 1. The Bertz CT molecular complexity index is 842. The molecule has 1 aromatic carbocycles. The maximum atomic E-state index is 10.8. The highest BCUT2D eigenvalue weighted by Crippen LogP contribution is 2.19. The summed E-state index contributed by atoms with van der Waals surface area (Å²) in [5.41, 5.74) is 7.83. The fourth-order valence-corrected chi connectivity index (χ4v) is 2.17. The van der Waals surface area contributed by atoms with Crippen molar-refractivity contribution in [1.82, 2.24) is 19.7 Å². The first kappa shape index (κ1) is 13.0. The number of anilines is 1. The van der Waals surface area contributed by atoms with Gasteiger partial charge in [-0.3, -0.25) is 10.1 Å². The van der Waals surface area contributed by atoms with Crippen molar-refractivity contribution < 1.29 is 4.92 Å². The summed E-state index contributed by atoms with van der Waals surface area (Å²) in [6.45, 7) is 2.23. The molecule has 0 amide bonds. The highest BCUT2D eigenvalue weighted by Gasteiger charge is 2.12. The molecule has 2 heterocycles. The maximum absolute atomic E-state index is 10.8. The normalized spacial score (nSPS) is 10.9. The molecule has 0 spiro atoms. The van der Waals surface area contributed by atoms with Gasteiger partial charge in [-0.2, -0.15) is 10.1 Å². The van der Waals surface area contributed by atoms with Crippen LogP contribution >= 0.6 is 0 Å². The van der Waals surface area contributed by atoms with Crippen molar-refractivity contribution in [3.63, 3.8) is 0 Å². The van der Waals surface area contributed by atoms with E-state index in [0.717, 1.165) is 16.6 Å². The van der Waals surface area contributed by atoms with Crippen LogP contribution in [0.3, 0.4) is 0 Å². The molecule has 106 valence electrons. The molecule has 0 saturated heterocycles. The zero-order chi connectivity index (χ0) is 15.0. The molecule has 0 unspecified atom stereocenters. The third-order valence-electron chi connectivity index (χ3n) is 3.15. The first-order valence-corrected chi connectivity index (χ1v) is 6.23. The van der Waals surface area contributed by atoms with Gasteiger partial charge in [0.25, 0.3) is 5.69 Å². The van der Waals surface area contributed by atoms with Crippen LogP contribution in [-0.2, 0) is 6.54 Å². The first-order chi connectivity index (χ1) is 10.0. The SMILES string of the molecule is Cc1nn(Cc2cccc([N+](=O)[O-])c2)c2nc(N)ncc12. The van der Waals surface area contributed by atoms with E-state index in [1.54, 1.807) is 23.0 Å². The number of non-ortho nitro benzene ring substituents is 1. The second-order valence-electron chi connectivity index (χ2n) is 4.64. The average molecular weight is 284 g/mol. The number of nitrogens with zero attached hydrogens (tertiary/aromatic N) is 5.